The number of hydrogen-bond acceptors (Lipinski definition) is 8. The number of piperidine rings is 1. The predicted octanol–water partition coefficient (Wildman–Crippen LogP) is 4.18. The van der Waals surface area contributed by atoms with Crippen molar-refractivity contribution in [3.8, 4) is 29.2 Å². The van der Waals surface area contributed by atoms with Crippen molar-refractivity contribution in [2.45, 2.75) is 25.5 Å². The van der Waals surface area contributed by atoms with E-state index in [0.29, 0.717) is 48.7 Å². The molecule has 0 radical (unpaired) electrons. The van der Waals surface area contributed by atoms with Gasteiger partial charge in [0.2, 0.25) is 11.6 Å². The minimum atomic E-state index is 0.0416. The molecule has 2 aliphatic rings. The standard InChI is InChI=1S/C27H24N4O5/c1-33-19-5-7-20(8-6-19)34-16-21-9-10-24(35-21)26-29-22(12-28)27(36-26)30-13-17-11-18(15-30)23-3-2-4-25(32)31(23)14-17/h2-10,17-18H,11,13-16H2,1H3/t17-,18+/m1/s1. The molecule has 6 rings (SSSR count). The first kappa shape index (κ1) is 22.0. The summed E-state index contributed by atoms with van der Waals surface area (Å²) < 4.78 is 24.8. The van der Waals surface area contributed by atoms with Crippen LogP contribution in [-0.4, -0.2) is 29.8 Å². The molecule has 36 heavy (non-hydrogen) atoms. The Morgan fingerprint density at radius 1 is 1.06 bits per heavy atom. The van der Waals surface area contributed by atoms with Gasteiger partial charge in [-0.2, -0.15) is 10.2 Å². The molecule has 1 aromatic carbocycles. The fourth-order valence-electron chi connectivity index (χ4n) is 5.16. The van der Waals surface area contributed by atoms with Gasteiger partial charge in [0.05, 0.1) is 7.11 Å². The molecule has 0 unspecified atom stereocenters. The summed E-state index contributed by atoms with van der Waals surface area (Å²) in [6, 6.07) is 18.5. The number of nitriles is 1. The van der Waals surface area contributed by atoms with Gasteiger partial charge in [-0.1, -0.05) is 6.07 Å². The molecule has 0 saturated carbocycles. The van der Waals surface area contributed by atoms with Gasteiger partial charge in [0.15, 0.2) is 5.76 Å². The monoisotopic (exact) mass is 484 g/mol. The fourth-order valence-corrected chi connectivity index (χ4v) is 5.16. The van der Waals surface area contributed by atoms with Crippen molar-refractivity contribution in [3.05, 3.63) is 82.1 Å². The fraction of sp³-hybridized carbons (Fsp3) is 0.296. The Labute approximate surface area is 207 Å². The number of methoxy groups -OCH3 is 1. The lowest BCUT2D eigenvalue weighted by Crippen LogP contribution is -2.47. The van der Waals surface area contributed by atoms with Crippen LogP contribution in [0.5, 0.6) is 11.5 Å². The van der Waals surface area contributed by atoms with Gasteiger partial charge in [0, 0.05) is 37.3 Å². The number of pyridine rings is 1. The number of furan rings is 1. The second-order valence-electron chi connectivity index (χ2n) is 9.12. The third kappa shape index (κ3) is 4.01. The van der Waals surface area contributed by atoms with Crippen molar-refractivity contribution >= 4 is 5.88 Å². The normalized spacial score (nSPS) is 18.4. The molecule has 2 bridgehead atoms. The highest BCUT2D eigenvalue weighted by molar-refractivity contribution is 5.56. The number of anilines is 1. The summed E-state index contributed by atoms with van der Waals surface area (Å²) in [7, 11) is 1.62. The molecule has 182 valence electrons. The van der Waals surface area contributed by atoms with E-state index in [1.165, 1.54) is 0 Å². The Kier molecular flexibility index (Phi) is 5.49. The van der Waals surface area contributed by atoms with Crippen molar-refractivity contribution in [1.29, 1.82) is 5.26 Å². The Balaban J connectivity index is 1.20. The van der Waals surface area contributed by atoms with Crippen molar-refractivity contribution in [1.82, 2.24) is 9.55 Å². The number of fused-ring (bicyclic) bond motifs is 4. The molecule has 0 N–H and O–H groups in total. The Morgan fingerprint density at radius 3 is 2.69 bits per heavy atom. The molecule has 1 saturated heterocycles. The van der Waals surface area contributed by atoms with Crippen LogP contribution in [0, 0.1) is 17.2 Å². The van der Waals surface area contributed by atoms with Gasteiger partial charge in [-0.3, -0.25) is 4.79 Å². The molecular formula is C27H24N4O5. The van der Waals surface area contributed by atoms with Crippen molar-refractivity contribution in [3.63, 3.8) is 0 Å². The van der Waals surface area contributed by atoms with E-state index in [0.717, 1.165) is 17.9 Å². The maximum absolute atomic E-state index is 12.3. The first-order chi connectivity index (χ1) is 17.6. The summed E-state index contributed by atoms with van der Waals surface area (Å²) in [6.07, 6.45) is 1.01. The summed E-state index contributed by atoms with van der Waals surface area (Å²) in [6.45, 7) is 2.25. The summed E-state index contributed by atoms with van der Waals surface area (Å²) >= 11 is 0. The molecule has 1 fully saturated rings. The van der Waals surface area contributed by atoms with Crippen LogP contribution < -0.4 is 19.9 Å². The van der Waals surface area contributed by atoms with Gasteiger partial charge in [-0.15, -0.1) is 0 Å². The summed E-state index contributed by atoms with van der Waals surface area (Å²) in [5, 5.41) is 9.76. The predicted molar refractivity (Wildman–Crippen MR) is 130 cm³/mol. The summed E-state index contributed by atoms with van der Waals surface area (Å²) in [5.74, 6) is 3.67. The number of aromatic nitrogens is 2. The number of benzene rings is 1. The van der Waals surface area contributed by atoms with E-state index in [4.69, 9.17) is 18.3 Å². The molecular weight excluding hydrogens is 460 g/mol. The highest BCUT2D eigenvalue weighted by Gasteiger charge is 2.37. The molecule has 5 heterocycles. The van der Waals surface area contributed by atoms with E-state index in [1.807, 2.05) is 41.0 Å². The Hall–Kier alpha value is -4.45. The van der Waals surface area contributed by atoms with Crippen LogP contribution in [0.25, 0.3) is 11.7 Å². The van der Waals surface area contributed by atoms with Crippen LogP contribution in [0.15, 0.2) is 68.2 Å². The number of oxazole rings is 1. The van der Waals surface area contributed by atoms with Crippen molar-refractivity contribution in [2.75, 3.05) is 25.1 Å². The minimum absolute atomic E-state index is 0.0416. The largest absolute Gasteiger partial charge is 0.497 e. The van der Waals surface area contributed by atoms with Crippen LogP contribution in [0.4, 0.5) is 5.88 Å². The minimum Gasteiger partial charge on any atom is -0.497 e. The molecule has 9 heteroatoms. The number of rotatable bonds is 6. The van der Waals surface area contributed by atoms with Gasteiger partial charge in [0.25, 0.3) is 11.4 Å². The number of nitrogens with zero attached hydrogens (tertiary/aromatic N) is 4. The van der Waals surface area contributed by atoms with Crippen LogP contribution in [-0.2, 0) is 13.2 Å². The molecule has 3 aromatic heterocycles. The van der Waals surface area contributed by atoms with E-state index < -0.39 is 0 Å². The lowest BCUT2D eigenvalue weighted by atomic mass is 9.83. The van der Waals surface area contributed by atoms with Crippen LogP contribution in [0.2, 0.25) is 0 Å². The molecule has 0 amide bonds. The van der Waals surface area contributed by atoms with Crippen LogP contribution in [0.1, 0.15) is 29.5 Å². The third-order valence-electron chi connectivity index (χ3n) is 6.80. The lowest BCUT2D eigenvalue weighted by molar-refractivity contribution is 0.269. The van der Waals surface area contributed by atoms with Gasteiger partial charge in [0.1, 0.15) is 29.9 Å². The molecule has 2 atom stereocenters. The highest BCUT2D eigenvalue weighted by Crippen LogP contribution is 2.39. The first-order valence-corrected chi connectivity index (χ1v) is 11.8. The third-order valence-corrected chi connectivity index (χ3v) is 6.80. The Bertz CT molecular complexity index is 1490. The molecule has 9 nitrogen and oxygen atoms in total. The van der Waals surface area contributed by atoms with E-state index in [-0.39, 0.29) is 29.7 Å². The van der Waals surface area contributed by atoms with Crippen molar-refractivity contribution in [2.24, 2.45) is 5.92 Å². The van der Waals surface area contributed by atoms with E-state index in [2.05, 4.69) is 16.0 Å². The Morgan fingerprint density at radius 2 is 1.89 bits per heavy atom. The smallest absolute Gasteiger partial charge is 0.266 e. The molecule has 4 aromatic rings. The van der Waals surface area contributed by atoms with Gasteiger partial charge in [-0.25, -0.2) is 0 Å². The number of ether oxygens (including phenoxy) is 2. The highest BCUT2D eigenvalue weighted by atomic mass is 16.5. The lowest BCUT2D eigenvalue weighted by Gasteiger charge is -2.42. The molecule has 0 spiro atoms. The van der Waals surface area contributed by atoms with E-state index >= 15 is 0 Å². The maximum atomic E-state index is 12.3. The van der Waals surface area contributed by atoms with Crippen LogP contribution in [0.3, 0.4) is 0 Å². The zero-order valence-electron chi connectivity index (χ0n) is 19.7. The molecule has 0 aliphatic carbocycles. The van der Waals surface area contributed by atoms with Crippen molar-refractivity contribution < 1.29 is 18.3 Å². The number of hydrogen-bond donors (Lipinski definition) is 0. The van der Waals surface area contributed by atoms with Crippen LogP contribution >= 0.6 is 0 Å². The maximum Gasteiger partial charge on any atom is 0.266 e. The first-order valence-electron chi connectivity index (χ1n) is 11.8. The average Bonchev–Trinajstić information content (AvgIpc) is 3.55. The summed E-state index contributed by atoms with van der Waals surface area (Å²) in [4.78, 5) is 18.8. The SMILES string of the molecule is COc1ccc(OCc2ccc(-c3nc(C#N)c(N4C[C@H]5C[C@@H](C4)c4cccc(=O)n4C5)o3)o2)cc1. The zero-order chi connectivity index (χ0) is 24.6. The van der Waals surface area contributed by atoms with Gasteiger partial charge >= 0.3 is 0 Å². The quantitative estimate of drug-likeness (QED) is 0.401. The van der Waals surface area contributed by atoms with E-state index in [9.17, 15) is 10.1 Å². The van der Waals surface area contributed by atoms with E-state index in [1.54, 1.807) is 25.3 Å². The second-order valence-corrected chi connectivity index (χ2v) is 9.12. The average molecular weight is 485 g/mol. The second kappa shape index (κ2) is 8.96. The van der Waals surface area contributed by atoms with Gasteiger partial charge < -0.3 is 27.8 Å². The topological polar surface area (TPSA) is 107 Å². The summed E-state index contributed by atoms with van der Waals surface area (Å²) in [5.41, 5.74) is 1.30. The zero-order valence-corrected chi connectivity index (χ0v) is 19.7. The molecule has 2 aliphatic heterocycles. The van der Waals surface area contributed by atoms with Gasteiger partial charge in [-0.05, 0) is 54.8 Å².